The number of ether oxygens (including phenoxy) is 2. The van der Waals surface area contributed by atoms with Crippen molar-refractivity contribution in [3.05, 3.63) is 24.3 Å². The Balaban J connectivity index is 4.00. The van der Waals surface area contributed by atoms with Crippen molar-refractivity contribution in [2.45, 2.75) is 251 Å². The number of hydrogen-bond donors (Lipinski definition) is 1. The summed E-state index contributed by atoms with van der Waals surface area (Å²) in [6, 6.07) is 0. The van der Waals surface area contributed by atoms with Crippen molar-refractivity contribution < 1.29 is 32.5 Å². The van der Waals surface area contributed by atoms with Gasteiger partial charge in [0, 0.05) is 13.2 Å². The molecule has 0 saturated carbocycles. The molecule has 0 rings (SSSR count). The number of likely N-dealkylation sites (N-methyl/N-ethyl adjacent to an activating group) is 1. The number of nitrogens with zero attached hydrogens (tertiary/aromatic N) is 1. The summed E-state index contributed by atoms with van der Waals surface area (Å²) in [6.07, 6.45) is 56.6. The largest absolute Gasteiger partial charge is 0.472 e. The molecule has 2 atom stereocenters. The molecule has 358 valence electrons. The van der Waals surface area contributed by atoms with Crippen LogP contribution in [0.4, 0.5) is 0 Å². The molecule has 0 aliphatic rings. The molecule has 0 radical (unpaired) electrons. The molecule has 0 aromatic heterocycles. The summed E-state index contributed by atoms with van der Waals surface area (Å²) in [5.74, 6) is 0. The second-order valence-electron chi connectivity index (χ2n) is 18.9. The highest BCUT2D eigenvalue weighted by Gasteiger charge is 2.25. The SMILES string of the molecule is CCCCCCCC/C=C\CCCCCCCCCCCCOC[C@H](COP(=O)(O)OCC[N+](C)(C)C)OCCCCCCCCCCCC/C=C\CCCCCCCC. The minimum atomic E-state index is -4.15. The third-order valence-electron chi connectivity index (χ3n) is 11.6. The molecule has 8 heteroatoms. The van der Waals surface area contributed by atoms with Gasteiger partial charge in [0.05, 0.1) is 34.4 Å². The Morgan fingerprint density at radius 3 is 1.13 bits per heavy atom. The van der Waals surface area contributed by atoms with E-state index in [4.69, 9.17) is 18.5 Å². The summed E-state index contributed by atoms with van der Waals surface area (Å²) in [5.41, 5.74) is 0. The number of hydrogen-bond acceptors (Lipinski definition) is 5. The number of rotatable bonds is 50. The Hall–Kier alpha value is -0.530. The highest BCUT2D eigenvalue weighted by molar-refractivity contribution is 7.47. The Labute approximate surface area is 375 Å². The van der Waals surface area contributed by atoms with Crippen molar-refractivity contribution >= 4 is 7.82 Å². The highest BCUT2D eigenvalue weighted by Crippen LogP contribution is 2.43. The molecule has 0 amide bonds. The molecule has 0 spiro atoms. The number of phosphoric acid groups is 1. The summed E-state index contributed by atoms with van der Waals surface area (Å²) < 4.78 is 35.9. The van der Waals surface area contributed by atoms with Gasteiger partial charge < -0.3 is 18.9 Å². The molecule has 0 aromatic carbocycles. The van der Waals surface area contributed by atoms with Gasteiger partial charge in [-0.15, -0.1) is 0 Å². The van der Waals surface area contributed by atoms with E-state index in [1.54, 1.807) is 0 Å². The van der Waals surface area contributed by atoms with Gasteiger partial charge in [-0.3, -0.25) is 9.05 Å². The van der Waals surface area contributed by atoms with Crippen molar-refractivity contribution in [1.29, 1.82) is 0 Å². The zero-order valence-electron chi connectivity index (χ0n) is 41.0. The third kappa shape index (κ3) is 50.1. The number of allylic oxidation sites excluding steroid dienone is 4. The lowest BCUT2D eigenvalue weighted by molar-refractivity contribution is -0.870. The number of phosphoric ester groups is 1. The van der Waals surface area contributed by atoms with Crippen LogP contribution in [-0.2, 0) is 23.1 Å². The van der Waals surface area contributed by atoms with Crippen molar-refractivity contribution in [3.63, 3.8) is 0 Å². The molecule has 1 unspecified atom stereocenters. The maximum atomic E-state index is 12.5. The molecule has 0 heterocycles. The van der Waals surface area contributed by atoms with Crippen LogP contribution in [0.25, 0.3) is 0 Å². The highest BCUT2D eigenvalue weighted by atomic mass is 31.2. The van der Waals surface area contributed by atoms with Gasteiger partial charge in [-0.25, -0.2) is 4.57 Å². The van der Waals surface area contributed by atoms with Crippen LogP contribution in [0.3, 0.4) is 0 Å². The second kappa shape index (κ2) is 46.5. The van der Waals surface area contributed by atoms with Gasteiger partial charge in [-0.2, -0.15) is 0 Å². The van der Waals surface area contributed by atoms with Crippen LogP contribution in [0.15, 0.2) is 24.3 Å². The van der Waals surface area contributed by atoms with Crippen LogP contribution in [-0.4, -0.2) is 76.2 Å². The fourth-order valence-corrected chi connectivity index (χ4v) is 8.21. The fourth-order valence-electron chi connectivity index (χ4n) is 7.47. The van der Waals surface area contributed by atoms with Gasteiger partial charge in [0.2, 0.25) is 0 Å². The van der Waals surface area contributed by atoms with Crippen molar-refractivity contribution in [2.75, 3.05) is 60.7 Å². The zero-order chi connectivity index (χ0) is 43.9. The van der Waals surface area contributed by atoms with Crippen LogP contribution in [0.5, 0.6) is 0 Å². The topological polar surface area (TPSA) is 74.2 Å². The fraction of sp³-hybridized carbons (Fsp3) is 0.923. The minimum Gasteiger partial charge on any atom is -0.379 e. The maximum Gasteiger partial charge on any atom is 0.472 e. The molecule has 7 nitrogen and oxygen atoms in total. The lowest BCUT2D eigenvalue weighted by atomic mass is 10.1. The third-order valence-corrected chi connectivity index (χ3v) is 12.5. The molecular formula is C52H105NO6P+. The summed E-state index contributed by atoms with van der Waals surface area (Å²) in [6.45, 7) is 6.99. The van der Waals surface area contributed by atoms with E-state index >= 15 is 0 Å². The van der Waals surface area contributed by atoms with E-state index in [9.17, 15) is 9.46 Å². The zero-order valence-corrected chi connectivity index (χ0v) is 41.9. The Bertz CT molecular complexity index is 953. The second-order valence-corrected chi connectivity index (χ2v) is 20.3. The lowest BCUT2D eigenvalue weighted by Gasteiger charge is -2.24. The van der Waals surface area contributed by atoms with Crippen LogP contribution in [0.2, 0.25) is 0 Å². The van der Waals surface area contributed by atoms with E-state index in [0.29, 0.717) is 30.8 Å². The standard InChI is InChI=1S/C52H104NO6P/c1-6-8-10-12-14-16-18-20-22-24-26-28-30-32-34-36-38-40-42-44-47-56-50-52(51-59-60(54,55)58-49-46-53(3,4)5)57-48-45-43-41-39-37-35-33-31-29-27-25-23-21-19-17-15-13-11-9-7-2/h20-23,52H,6-19,24-51H2,1-5H3/p+1/b22-20-,23-21-/t52-/m1/s1. The van der Waals surface area contributed by atoms with Gasteiger partial charge in [-0.05, 0) is 64.2 Å². The number of unbranched alkanes of at least 4 members (excludes halogenated alkanes) is 32. The van der Waals surface area contributed by atoms with Crippen LogP contribution >= 0.6 is 7.82 Å². The first-order valence-corrected chi connectivity index (χ1v) is 27.6. The minimum absolute atomic E-state index is 0.0103. The Kier molecular flexibility index (Phi) is 46.1. The molecular weight excluding hydrogens is 766 g/mol. The van der Waals surface area contributed by atoms with Gasteiger partial charge >= 0.3 is 7.82 Å². The van der Waals surface area contributed by atoms with E-state index in [0.717, 1.165) is 19.3 Å². The average Bonchev–Trinajstić information content (AvgIpc) is 3.21. The first-order valence-electron chi connectivity index (χ1n) is 26.1. The first-order chi connectivity index (χ1) is 29.2. The molecule has 0 aliphatic heterocycles. The van der Waals surface area contributed by atoms with Crippen molar-refractivity contribution in [2.24, 2.45) is 0 Å². The van der Waals surface area contributed by atoms with E-state index in [1.807, 2.05) is 21.1 Å². The molecule has 0 bridgehead atoms. The Morgan fingerprint density at radius 2 is 0.767 bits per heavy atom. The average molecular weight is 871 g/mol. The predicted molar refractivity (Wildman–Crippen MR) is 261 cm³/mol. The van der Waals surface area contributed by atoms with E-state index in [1.165, 1.54) is 212 Å². The first kappa shape index (κ1) is 59.5. The van der Waals surface area contributed by atoms with Crippen molar-refractivity contribution in [1.82, 2.24) is 0 Å². The van der Waals surface area contributed by atoms with Gasteiger partial charge in [0.25, 0.3) is 0 Å². The normalized spacial score (nSPS) is 13.9. The van der Waals surface area contributed by atoms with Crippen molar-refractivity contribution in [3.8, 4) is 0 Å². The molecule has 1 N–H and O–H groups in total. The quantitative estimate of drug-likeness (QED) is 0.0284. The van der Waals surface area contributed by atoms with E-state index in [2.05, 4.69) is 38.2 Å². The van der Waals surface area contributed by atoms with E-state index in [-0.39, 0.29) is 19.3 Å². The van der Waals surface area contributed by atoms with Gasteiger partial charge in [0.1, 0.15) is 19.3 Å². The number of quaternary nitrogens is 1. The summed E-state index contributed by atoms with van der Waals surface area (Å²) >= 11 is 0. The molecule has 0 saturated heterocycles. The molecule has 0 aliphatic carbocycles. The van der Waals surface area contributed by atoms with Crippen LogP contribution in [0, 0.1) is 0 Å². The summed E-state index contributed by atoms with van der Waals surface area (Å²) in [5, 5.41) is 0. The van der Waals surface area contributed by atoms with Gasteiger partial charge in [-0.1, -0.05) is 205 Å². The van der Waals surface area contributed by atoms with Crippen LogP contribution in [0.1, 0.15) is 245 Å². The summed E-state index contributed by atoms with van der Waals surface area (Å²) in [4.78, 5) is 10.3. The lowest BCUT2D eigenvalue weighted by Crippen LogP contribution is -2.37. The summed E-state index contributed by atoms with van der Waals surface area (Å²) in [7, 11) is 1.91. The van der Waals surface area contributed by atoms with Crippen LogP contribution < -0.4 is 0 Å². The predicted octanol–water partition coefficient (Wildman–Crippen LogP) is 16.4. The van der Waals surface area contributed by atoms with Gasteiger partial charge in [0.15, 0.2) is 0 Å². The Morgan fingerprint density at radius 1 is 0.433 bits per heavy atom. The molecule has 0 aromatic rings. The smallest absolute Gasteiger partial charge is 0.379 e. The maximum absolute atomic E-state index is 12.5. The molecule has 60 heavy (non-hydrogen) atoms. The van der Waals surface area contributed by atoms with E-state index < -0.39 is 7.82 Å². The monoisotopic (exact) mass is 871 g/mol. The molecule has 0 fully saturated rings.